The minimum absolute atomic E-state index is 0.426. The molecule has 0 heterocycles. The van der Waals surface area contributed by atoms with Crippen molar-refractivity contribution >= 4 is 27.8 Å². The Hall–Kier alpha value is -6.96. The predicted octanol–water partition coefficient (Wildman–Crippen LogP) is 14.0. The Morgan fingerprint density at radius 2 is 0.778 bits per heavy atom. The van der Waals surface area contributed by atoms with E-state index in [1.165, 1.54) is 66.4 Å². The molecule has 0 bridgehead atoms. The van der Waals surface area contributed by atoms with Crippen molar-refractivity contribution in [2.75, 3.05) is 4.90 Å². The van der Waals surface area contributed by atoms with Crippen LogP contribution >= 0.6 is 0 Å². The first-order chi connectivity index (χ1) is 26.8. The first kappa shape index (κ1) is 31.7. The zero-order valence-corrected chi connectivity index (χ0v) is 29.8. The summed E-state index contributed by atoms with van der Waals surface area (Å²) in [5.74, 6) is 0. The van der Waals surface area contributed by atoms with Crippen LogP contribution in [0.15, 0.2) is 224 Å². The average Bonchev–Trinajstić information content (AvgIpc) is 3.56. The molecular weight excluding hydrogens is 651 g/mol. The number of anilines is 3. The Morgan fingerprint density at radius 1 is 0.296 bits per heavy atom. The van der Waals surface area contributed by atoms with Crippen LogP contribution in [0.25, 0.3) is 44.2 Å². The van der Waals surface area contributed by atoms with Gasteiger partial charge >= 0.3 is 0 Å². The second kappa shape index (κ2) is 13.2. The van der Waals surface area contributed by atoms with Gasteiger partial charge in [0.1, 0.15) is 0 Å². The van der Waals surface area contributed by atoms with E-state index in [2.05, 4.69) is 229 Å². The SMILES string of the molecule is c1ccc(-c2cc(-c3ccc(N(c4ccccc4)c4ccc(C5(c6ccccc6)c6ccccc6-c6ccccc65)cc4)cc3)cc3ccccc23)cc1. The Bertz CT molecular complexity index is 2690. The van der Waals surface area contributed by atoms with E-state index >= 15 is 0 Å². The number of hydrogen-bond acceptors (Lipinski definition) is 1. The largest absolute Gasteiger partial charge is 0.311 e. The maximum absolute atomic E-state index is 2.36. The molecule has 0 aromatic heterocycles. The highest BCUT2D eigenvalue weighted by atomic mass is 15.1. The highest BCUT2D eigenvalue weighted by molar-refractivity contribution is 6.00. The van der Waals surface area contributed by atoms with Crippen LogP contribution in [0.3, 0.4) is 0 Å². The normalized spacial score (nSPS) is 12.6. The number of rotatable bonds is 7. The quantitative estimate of drug-likeness (QED) is 0.161. The van der Waals surface area contributed by atoms with Crippen LogP contribution in [-0.4, -0.2) is 0 Å². The van der Waals surface area contributed by atoms with E-state index in [-0.39, 0.29) is 0 Å². The minimum Gasteiger partial charge on any atom is -0.311 e. The molecule has 254 valence electrons. The van der Waals surface area contributed by atoms with Gasteiger partial charge in [0.15, 0.2) is 0 Å². The molecular formula is C53H37N. The minimum atomic E-state index is -0.426. The maximum atomic E-state index is 2.36. The van der Waals surface area contributed by atoms with Crippen molar-refractivity contribution in [2.45, 2.75) is 5.41 Å². The molecule has 0 amide bonds. The van der Waals surface area contributed by atoms with Crippen LogP contribution in [0.1, 0.15) is 22.3 Å². The van der Waals surface area contributed by atoms with Gasteiger partial charge in [-0.05, 0) is 115 Å². The molecule has 0 spiro atoms. The summed E-state index contributed by atoms with van der Waals surface area (Å²) in [7, 11) is 0. The summed E-state index contributed by atoms with van der Waals surface area (Å²) in [5, 5.41) is 2.51. The highest BCUT2D eigenvalue weighted by Crippen LogP contribution is 2.56. The summed E-state index contributed by atoms with van der Waals surface area (Å²) < 4.78 is 0. The predicted molar refractivity (Wildman–Crippen MR) is 227 cm³/mol. The van der Waals surface area contributed by atoms with Gasteiger partial charge in [-0.2, -0.15) is 0 Å². The Kier molecular flexibility index (Phi) is 7.78. The summed E-state index contributed by atoms with van der Waals surface area (Å²) in [4.78, 5) is 2.36. The van der Waals surface area contributed by atoms with E-state index in [0.717, 1.165) is 17.1 Å². The lowest BCUT2D eigenvalue weighted by Gasteiger charge is -2.34. The maximum Gasteiger partial charge on any atom is 0.0713 e. The molecule has 9 aromatic rings. The molecule has 0 atom stereocenters. The molecule has 0 fully saturated rings. The number of nitrogens with zero attached hydrogens (tertiary/aromatic N) is 1. The summed E-state index contributed by atoms with van der Waals surface area (Å²) in [6, 6.07) is 81.8. The van der Waals surface area contributed by atoms with Crippen molar-refractivity contribution in [3.63, 3.8) is 0 Å². The second-order valence-electron chi connectivity index (χ2n) is 14.1. The Morgan fingerprint density at radius 3 is 1.43 bits per heavy atom. The number of fused-ring (bicyclic) bond motifs is 4. The molecule has 0 unspecified atom stereocenters. The van der Waals surface area contributed by atoms with E-state index in [1.54, 1.807) is 0 Å². The molecule has 0 radical (unpaired) electrons. The fourth-order valence-electron chi connectivity index (χ4n) is 8.73. The second-order valence-corrected chi connectivity index (χ2v) is 14.1. The molecule has 0 aliphatic heterocycles. The van der Waals surface area contributed by atoms with E-state index < -0.39 is 5.41 Å². The van der Waals surface area contributed by atoms with Crippen LogP contribution in [0, 0.1) is 0 Å². The van der Waals surface area contributed by atoms with E-state index in [9.17, 15) is 0 Å². The summed E-state index contributed by atoms with van der Waals surface area (Å²) >= 11 is 0. The van der Waals surface area contributed by atoms with Gasteiger partial charge in [-0.25, -0.2) is 0 Å². The zero-order valence-electron chi connectivity index (χ0n) is 29.8. The zero-order chi connectivity index (χ0) is 35.9. The Labute approximate surface area is 317 Å². The molecule has 1 aliphatic rings. The lowest BCUT2D eigenvalue weighted by Crippen LogP contribution is -2.28. The molecule has 0 saturated carbocycles. The third kappa shape index (κ3) is 5.17. The molecule has 54 heavy (non-hydrogen) atoms. The standard InChI is InChI=1S/C53H37N/c1-4-16-39(17-5-1)50-37-41(36-40-18-10-11-23-47(40)50)38-28-32-45(33-29-38)54(44-21-8-3-9-22-44)46-34-30-43(31-35-46)53(42-19-6-2-7-20-42)51-26-14-12-24-48(51)49-25-13-15-27-52(49)53/h1-37H. The van der Waals surface area contributed by atoms with Crippen LogP contribution in [0.4, 0.5) is 17.1 Å². The van der Waals surface area contributed by atoms with Crippen LogP contribution in [-0.2, 0) is 5.41 Å². The molecule has 0 N–H and O–H groups in total. The molecule has 1 aliphatic carbocycles. The number of hydrogen-bond donors (Lipinski definition) is 0. The van der Waals surface area contributed by atoms with Crippen molar-refractivity contribution in [3.8, 4) is 33.4 Å². The van der Waals surface area contributed by atoms with E-state index in [1.807, 2.05) is 0 Å². The smallest absolute Gasteiger partial charge is 0.0713 e. The monoisotopic (exact) mass is 687 g/mol. The fraction of sp³-hybridized carbons (Fsp3) is 0.0189. The average molecular weight is 688 g/mol. The van der Waals surface area contributed by atoms with Gasteiger partial charge in [0.05, 0.1) is 5.41 Å². The number of para-hydroxylation sites is 1. The summed E-state index contributed by atoms with van der Waals surface area (Å²) in [5.41, 5.74) is 15.6. The van der Waals surface area contributed by atoms with Gasteiger partial charge in [0.2, 0.25) is 0 Å². The molecule has 1 nitrogen and oxygen atoms in total. The van der Waals surface area contributed by atoms with Crippen LogP contribution in [0.2, 0.25) is 0 Å². The molecule has 0 saturated heterocycles. The number of benzene rings is 9. The van der Waals surface area contributed by atoms with Gasteiger partial charge < -0.3 is 4.90 Å². The van der Waals surface area contributed by atoms with Crippen molar-refractivity contribution < 1.29 is 0 Å². The lowest BCUT2D eigenvalue weighted by atomic mass is 9.68. The summed E-state index contributed by atoms with van der Waals surface area (Å²) in [6.07, 6.45) is 0. The highest BCUT2D eigenvalue weighted by Gasteiger charge is 2.45. The third-order valence-electron chi connectivity index (χ3n) is 11.1. The van der Waals surface area contributed by atoms with Crippen LogP contribution in [0.5, 0.6) is 0 Å². The Balaban J connectivity index is 1.08. The fourth-order valence-corrected chi connectivity index (χ4v) is 8.73. The first-order valence-corrected chi connectivity index (χ1v) is 18.7. The topological polar surface area (TPSA) is 3.24 Å². The van der Waals surface area contributed by atoms with E-state index in [0.29, 0.717) is 0 Å². The van der Waals surface area contributed by atoms with Gasteiger partial charge in [-0.1, -0.05) is 176 Å². The van der Waals surface area contributed by atoms with Crippen molar-refractivity contribution in [3.05, 3.63) is 247 Å². The summed E-state index contributed by atoms with van der Waals surface area (Å²) in [6.45, 7) is 0. The lowest BCUT2D eigenvalue weighted by molar-refractivity contribution is 0.768. The van der Waals surface area contributed by atoms with Gasteiger partial charge in [-0.15, -0.1) is 0 Å². The van der Waals surface area contributed by atoms with Gasteiger partial charge in [0, 0.05) is 17.1 Å². The molecule has 10 rings (SSSR count). The molecule has 9 aromatic carbocycles. The van der Waals surface area contributed by atoms with Crippen molar-refractivity contribution in [1.29, 1.82) is 0 Å². The molecule has 1 heteroatoms. The first-order valence-electron chi connectivity index (χ1n) is 18.7. The third-order valence-corrected chi connectivity index (χ3v) is 11.1. The van der Waals surface area contributed by atoms with Gasteiger partial charge in [0.25, 0.3) is 0 Å². The van der Waals surface area contributed by atoms with E-state index in [4.69, 9.17) is 0 Å². The van der Waals surface area contributed by atoms with Crippen molar-refractivity contribution in [2.24, 2.45) is 0 Å². The van der Waals surface area contributed by atoms with Crippen LogP contribution < -0.4 is 4.90 Å². The van der Waals surface area contributed by atoms with Gasteiger partial charge in [-0.3, -0.25) is 0 Å². The van der Waals surface area contributed by atoms with Crippen molar-refractivity contribution in [1.82, 2.24) is 0 Å².